The van der Waals surface area contributed by atoms with E-state index in [0.29, 0.717) is 22.5 Å². The highest BCUT2D eigenvalue weighted by molar-refractivity contribution is 7.99. The molecule has 0 fully saturated rings. The molecule has 6 nitrogen and oxygen atoms in total. The van der Waals surface area contributed by atoms with Crippen molar-refractivity contribution in [2.75, 3.05) is 12.9 Å². The topological polar surface area (TPSA) is 77.2 Å². The number of hydrogen-bond donors (Lipinski definition) is 1. The molecular weight excluding hydrogens is 302 g/mol. The van der Waals surface area contributed by atoms with Gasteiger partial charge in [-0.1, -0.05) is 29.4 Å². The maximum Gasteiger partial charge on any atom is 0.313 e. The van der Waals surface area contributed by atoms with Crippen molar-refractivity contribution >= 4 is 29.3 Å². The average Bonchev–Trinajstić information content (AvgIpc) is 2.86. The zero-order valence-corrected chi connectivity index (χ0v) is 12.2. The Hall–Kier alpha value is -1.73. The molecule has 1 heterocycles. The van der Waals surface area contributed by atoms with E-state index < -0.39 is 5.97 Å². The van der Waals surface area contributed by atoms with Crippen molar-refractivity contribution in [2.45, 2.75) is 11.7 Å². The smallest absolute Gasteiger partial charge is 0.313 e. The van der Waals surface area contributed by atoms with Crippen LogP contribution in [0.3, 0.4) is 0 Å². The van der Waals surface area contributed by atoms with E-state index in [1.807, 2.05) is 6.07 Å². The highest BCUT2D eigenvalue weighted by Gasteiger charge is 2.12. The zero-order chi connectivity index (χ0) is 14.5. The molecule has 0 aliphatic heterocycles. The van der Waals surface area contributed by atoms with Crippen LogP contribution in [-0.4, -0.2) is 38.7 Å². The molecule has 20 heavy (non-hydrogen) atoms. The Morgan fingerprint density at radius 3 is 3.05 bits per heavy atom. The first-order valence-corrected chi connectivity index (χ1v) is 7.02. The van der Waals surface area contributed by atoms with Crippen LogP contribution in [0, 0.1) is 0 Å². The van der Waals surface area contributed by atoms with Gasteiger partial charge in [-0.15, -0.1) is 10.2 Å². The number of ether oxygens (including phenoxy) is 1. The number of aliphatic carboxylic acids is 1. The SMILES string of the molecule is COc1cccc(Cl)c1Cn1cnnc1SCC(=O)O. The van der Waals surface area contributed by atoms with E-state index in [1.165, 1.54) is 6.33 Å². The molecule has 106 valence electrons. The number of nitrogens with zero attached hydrogens (tertiary/aromatic N) is 3. The number of aromatic nitrogens is 3. The monoisotopic (exact) mass is 313 g/mol. The third-order valence-corrected chi connectivity index (χ3v) is 3.85. The fourth-order valence-corrected chi connectivity index (χ4v) is 2.51. The Morgan fingerprint density at radius 2 is 2.35 bits per heavy atom. The summed E-state index contributed by atoms with van der Waals surface area (Å²) in [5.41, 5.74) is 0.800. The summed E-state index contributed by atoms with van der Waals surface area (Å²) in [4.78, 5) is 10.6. The third kappa shape index (κ3) is 3.43. The van der Waals surface area contributed by atoms with Crippen LogP contribution in [-0.2, 0) is 11.3 Å². The van der Waals surface area contributed by atoms with Gasteiger partial charge in [0.1, 0.15) is 12.1 Å². The van der Waals surface area contributed by atoms with Crippen LogP contribution in [0.25, 0.3) is 0 Å². The largest absolute Gasteiger partial charge is 0.496 e. The van der Waals surface area contributed by atoms with Gasteiger partial charge < -0.3 is 14.4 Å². The fraction of sp³-hybridized carbons (Fsp3) is 0.250. The molecular formula is C12H12ClN3O3S. The first-order chi connectivity index (χ1) is 9.61. The highest BCUT2D eigenvalue weighted by atomic mass is 35.5. The Morgan fingerprint density at radius 1 is 1.55 bits per heavy atom. The summed E-state index contributed by atoms with van der Waals surface area (Å²) in [7, 11) is 1.57. The number of rotatable bonds is 6. The van der Waals surface area contributed by atoms with Crippen molar-refractivity contribution in [3.8, 4) is 5.75 Å². The van der Waals surface area contributed by atoms with E-state index >= 15 is 0 Å². The number of thioether (sulfide) groups is 1. The summed E-state index contributed by atoms with van der Waals surface area (Å²) >= 11 is 7.28. The quantitative estimate of drug-likeness (QED) is 0.824. The Bertz CT molecular complexity index is 618. The zero-order valence-electron chi connectivity index (χ0n) is 10.6. The third-order valence-electron chi connectivity index (χ3n) is 2.53. The van der Waals surface area contributed by atoms with Gasteiger partial charge in [-0.25, -0.2) is 0 Å². The van der Waals surface area contributed by atoms with Gasteiger partial charge in [0.15, 0.2) is 5.16 Å². The second kappa shape index (κ2) is 6.62. The van der Waals surface area contributed by atoms with Crippen molar-refractivity contribution < 1.29 is 14.6 Å². The Labute approximate surface area is 124 Å². The van der Waals surface area contributed by atoms with Crippen molar-refractivity contribution in [1.29, 1.82) is 0 Å². The molecule has 0 bridgehead atoms. The van der Waals surface area contributed by atoms with Crippen LogP contribution in [0.5, 0.6) is 5.75 Å². The van der Waals surface area contributed by atoms with Crippen molar-refractivity contribution in [1.82, 2.24) is 14.8 Å². The summed E-state index contributed by atoms with van der Waals surface area (Å²) in [6.45, 7) is 0.414. The lowest BCUT2D eigenvalue weighted by Gasteiger charge is -2.11. The van der Waals surface area contributed by atoms with Crippen molar-refractivity contribution in [3.63, 3.8) is 0 Å². The summed E-state index contributed by atoms with van der Waals surface area (Å²) < 4.78 is 7.01. The number of carboxylic acid groups (broad SMARTS) is 1. The van der Waals surface area contributed by atoms with Gasteiger partial charge in [-0.05, 0) is 12.1 Å². The van der Waals surface area contributed by atoms with Gasteiger partial charge in [0.05, 0.1) is 19.4 Å². The lowest BCUT2D eigenvalue weighted by molar-refractivity contribution is -0.133. The number of halogens is 1. The molecule has 1 aromatic heterocycles. The molecule has 2 aromatic rings. The second-order valence-electron chi connectivity index (χ2n) is 3.84. The van der Waals surface area contributed by atoms with E-state index in [0.717, 1.165) is 17.3 Å². The summed E-state index contributed by atoms with van der Waals surface area (Å²) in [5, 5.41) is 17.5. The number of carboxylic acids is 1. The summed E-state index contributed by atoms with van der Waals surface area (Å²) in [6.07, 6.45) is 1.53. The second-order valence-corrected chi connectivity index (χ2v) is 5.19. The van der Waals surface area contributed by atoms with Crippen LogP contribution >= 0.6 is 23.4 Å². The lowest BCUT2D eigenvalue weighted by atomic mass is 10.2. The van der Waals surface area contributed by atoms with Crippen molar-refractivity contribution in [3.05, 3.63) is 35.1 Å². The maximum atomic E-state index is 10.6. The lowest BCUT2D eigenvalue weighted by Crippen LogP contribution is -2.05. The Kier molecular flexibility index (Phi) is 4.86. The van der Waals surface area contributed by atoms with Gasteiger partial charge in [0.25, 0.3) is 0 Å². The first-order valence-electron chi connectivity index (χ1n) is 5.65. The predicted octanol–water partition coefficient (Wildman–Crippen LogP) is 2.17. The molecule has 0 unspecified atom stereocenters. The van der Waals surface area contributed by atoms with Crippen LogP contribution in [0.4, 0.5) is 0 Å². The van der Waals surface area contributed by atoms with E-state index in [1.54, 1.807) is 23.8 Å². The van der Waals surface area contributed by atoms with Crippen LogP contribution < -0.4 is 4.74 Å². The molecule has 8 heteroatoms. The minimum atomic E-state index is -0.903. The van der Waals surface area contributed by atoms with Crippen LogP contribution in [0.15, 0.2) is 29.7 Å². The molecule has 0 saturated heterocycles. The minimum Gasteiger partial charge on any atom is -0.496 e. The van der Waals surface area contributed by atoms with E-state index in [2.05, 4.69) is 10.2 Å². The van der Waals surface area contributed by atoms with Gasteiger partial charge in [-0.2, -0.15) is 0 Å². The summed E-state index contributed by atoms with van der Waals surface area (Å²) in [5.74, 6) is -0.307. The van der Waals surface area contributed by atoms with Crippen LogP contribution in [0.2, 0.25) is 5.02 Å². The van der Waals surface area contributed by atoms with Gasteiger partial charge in [-0.3, -0.25) is 4.79 Å². The highest BCUT2D eigenvalue weighted by Crippen LogP contribution is 2.28. The van der Waals surface area contributed by atoms with E-state index in [-0.39, 0.29) is 5.75 Å². The molecule has 2 rings (SSSR count). The molecule has 0 spiro atoms. The maximum absolute atomic E-state index is 10.6. The Balaban J connectivity index is 2.22. The molecule has 0 aliphatic carbocycles. The molecule has 1 aromatic carbocycles. The standard InChI is InChI=1S/C12H12ClN3O3S/c1-19-10-4-2-3-9(13)8(10)5-16-7-14-15-12(16)20-6-11(17)18/h2-4,7H,5-6H2,1H3,(H,17,18). The summed E-state index contributed by atoms with van der Waals surface area (Å²) in [6, 6.07) is 5.39. The number of carbonyl (C=O) groups is 1. The average molecular weight is 314 g/mol. The van der Waals surface area contributed by atoms with Gasteiger partial charge in [0.2, 0.25) is 0 Å². The first kappa shape index (κ1) is 14.7. The van der Waals surface area contributed by atoms with E-state index in [9.17, 15) is 4.79 Å². The number of hydrogen-bond acceptors (Lipinski definition) is 5. The van der Waals surface area contributed by atoms with Gasteiger partial charge >= 0.3 is 5.97 Å². The molecule has 0 amide bonds. The fourth-order valence-electron chi connectivity index (χ4n) is 1.64. The molecule has 0 saturated carbocycles. The molecule has 1 N–H and O–H groups in total. The van der Waals surface area contributed by atoms with Crippen molar-refractivity contribution in [2.24, 2.45) is 0 Å². The molecule has 0 aliphatic rings. The van der Waals surface area contributed by atoms with Gasteiger partial charge in [0, 0.05) is 10.6 Å². The predicted molar refractivity (Wildman–Crippen MR) is 75.5 cm³/mol. The molecule has 0 radical (unpaired) electrons. The minimum absolute atomic E-state index is 0.0711. The molecule has 0 atom stereocenters. The number of benzene rings is 1. The normalized spacial score (nSPS) is 10.5. The van der Waals surface area contributed by atoms with Crippen LogP contribution in [0.1, 0.15) is 5.56 Å². The van der Waals surface area contributed by atoms with E-state index in [4.69, 9.17) is 21.4 Å². The number of methoxy groups -OCH3 is 1.